The molecule has 2 fully saturated rings. The third kappa shape index (κ3) is 5.14. The normalized spacial score (nSPS) is 20.3. The number of nitrogens with zero attached hydrogens (tertiary/aromatic N) is 5. The number of anilines is 1. The van der Waals surface area contributed by atoms with Crippen LogP contribution in [0.25, 0.3) is 0 Å². The van der Waals surface area contributed by atoms with Crippen LogP contribution in [0.4, 0.5) is 14.5 Å². The fourth-order valence-corrected chi connectivity index (χ4v) is 4.38. The molecule has 31 heavy (non-hydrogen) atoms. The van der Waals surface area contributed by atoms with Gasteiger partial charge in [0.1, 0.15) is 29.7 Å². The van der Waals surface area contributed by atoms with Gasteiger partial charge in [-0.2, -0.15) is 0 Å². The van der Waals surface area contributed by atoms with Gasteiger partial charge >= 0.3 is 0 Å². The van der Waals surface area contributed by atoms with Crippen molar-refractivity contribution in [3.8, 4) is 0 Å². The van der Waals surface area contributed by atoms with Gasteiger partial charge < -0.3 is 20.1 Å². The van der Waals surface area contributed by atoms with Gasteiger partial charge in [-0.15, -0.1) is 10.2 Å². The second kappa shape index (κ2) is 9.62. The summed E-state index contributed by atoms with van der Waals surface area (Å²) in [6, 6.07) is 4.45. The molecule has 0 bridgehead atoms. The number of rotatable bonds is 5. The summed E-state index contributed by atoms with van der Waals surface area (Å²) < 4.78 is 30.3. The first-order chi connectivity index (χ1) is 15.0. The monoisotopic (exact) mass is 431 g/mol. The Morgan fingerprint density at radius 1 is 1.06 bits per heavy atom. The van der Waals surface area contributed by atoms with Gasteiger partial charge in [-0.3, -0.25) is 0 Å². The average Bonchev–Trinajstić information content (AvgIpc) is 3.34. The Labute approximate surface area is 181 Å². The van der Waals surface area contributed by atoms with E-state index >= 15 is 0 Å². The highest BCUT2D eigenvalue weighted by atomic mass is 19.1. The molecule has 1 aliphatic carbocycles. The molecule has 1 saturated heterocycles. The van der Waals surface area contributed by atoms with Crippen molar-refractivity contribution in [3.63, 3.8) is 0 Å². The van der Waals surface area contributed by atoms with Crippen molar-refractivity contribution in [2.75, 3.05) is 18.0 Å². The summed E-state index contributed by atoms with van der Waals surface area (Å²) in [6.07, 6.45) is 6.75. The molecule has 1 atom stereocenters. The van der Waals surface area contributed by atoms with Crippen molar-refractivity contribution < 1.29 is 8.78 Å². The Balaban J connectivity index is 1.45. The lowest BCUT2D eigenvalue weighted by molar-refractivity contribution is 0.408. The van der Waals surface area contributed by atoms with E-state index < -0.39 is 11.6 Å². The Bertz CT molecular complexity index is 900. The molecule has 2 heterocycles. The van der Waals surface area contributed by atoms with Gasteiger partial charge in [0.15, 0.2) is 11.8 Å². The Morgan fingerprint density at radius 3 is 2.45 bits per heavy atom. The molecule has 1 aromatic heterocycles. The van der Waals surface area contributed by atoms with Gasteiger partial charge in [0, 0.05) is 32.2 Å². The topological polar surface area (TPSA) is 70.4 Å². The van der Waals surface area contributed by atoms with Gasteiger partial charge in [0.05, 0.1) is 0 Å². The lowest BCUT2D eigenvalue weighted by atomic mass is 9.96. The van der Waals surface area contributed by atoms with Crippen molar-refractivity contribution in [2.45, 2.75) is 64.1 Å². The zero-order chi connectivity index (χ0) is 21.8. The summed E-state index contributed by atoms with van der Waals surface area (Å²) in [5, 5.41) is 15.4. The zero-order valence-corrected chi connectivity index (χ0v) is 18.2. The van der Waals surface area contributed by atoms with Crippen LogP contribution < -0.4 is 15.5 Å². The van der Waals surface area contributed by atoms with Crippen molar-refractivity contribution >= 4 is 11.6 Å². The molecule has 168 valence electrons. The first-order valence-corrected chi connectivity index (χ1v) is 11.1. The molecule has 1 unspecified atom stereocenters. The van der Waals surface area contributed by atoms with Crippen LogP contribution in [-0.2, 0) is 13.6 Å². The summed E-state index contributed by atoms with van der Waals surface area (Å²) in [5.74, 6) is 1.33. The maximum atomic E-state index is 14.2. The summed E-state index contributed by atoms with van der Waals surface area (Å²) in [6.45, 7) is 3.44. The highest BCUT2D eigenvalue weighted by molar-refractivity contribution is 5.80. The van der Waals surface area contributed by atoms with E-state index in [0.717, 1.165) is 36.9 Å². The molecule has 1 saturated carbocycles. The first kappa shape index (κ1) is 21.5. The Hall–Kier alpha value is -2.71. The fourth-order valence-electron chi connectivity index (χ4n) is 4.38. The third-order valence-electron chi connectivity index (χ3n) is 6.29. The molecule has 0 spiro atoms. The highest BCUT2D eigenvalue weighted by Gasteiger charge is 2.28. The largest absolute Gasteiger partial charge is 0.365 e. The van der Waals surface area contributed by atoms with Crippen LogP contribution in [0.1, 0.15) is 50.2 Å². The predicted molar refractivity (Wildman–Crippen MR) is 117 cm³/mol. The molecular weight excluding hydrogens is 400 g/mol. The van der Waals surface area contributed by atoms with Crippen LogP contribution in [0.3, 0.4) is 0 Å². The minimum Gasteiger partial charge on any atom is -0.365 e. The number of halogens is 2. The summed E-state index contributed by atoms with van der Waals surface area (Å²) >= 11 is 0. The van der Waals surface area contributed by atoms with E-state index in [1.54, 1.807) is 4.90 Å². The first-order valence-electron chi connectivity index (χ1n) is 11.1. The van der Waals surface area contributed by atoms with E-state index in [2.05, 4.69) is 20.8 Å². The van der Waals surface area contributed by atoms with Gasteiger partial charge in [-0.25, -0.2) is 13.8 Å². The number of para-hydroxylation sites is 1. The molecule has 1 aliphatic heterocycles. The highest BCUT2D eigenvalue weighted by Crippen LogP contribution is 2.26. The van der Waals surface area contributed by atoms with Crippen molar-refractivity contribution in [1.82, 2.24) is 25.4 Å². The van der Waals surface area contributed by atoms with E-state index in [1.807, 2.05) is 18.5 Å². The van der Waals surface area contributed by atoms with Crippen LogP contribution in [0.5, 0.6) is 0 Å². The number of hydrogen-bond donors (Lipinski definition) is 2. The smallest absolute Gasteiger partial charge is 0.192 e. The van der Waals surface area contributed by atoms with Crippen molar-refractivity contribution in [3.05, 3.63) is 41.5 Å². The summed E-state index contributed by atoms with van der Waals surface area (Å²) in [5.41, 5.74) is 0.0556. The number of aliphatic imine (C=N–C) groups is 1. The maximum absolute atomic E-state index is 14.2. The van der Waals surface area contributed by atoms with E-state index in [0.29, 0.717) is 25.7 Å². The van der Waals surface area contributed by atoms with E-state index in [-0.39, 0.29) is 11.7 Å². The number of benzene rings is 1. The van der Waals surface area contributed by atoms with Crippen LogP contribution in [-0.4, -0.2) is 45.9 Å². The zero-order valence-electron chi connectivity index (χ0n) is 18.2. The molecular formula is C22H31F2N7. The Morgan fingerprint density at radius 2 is 1.77 bits per heavy atom. The number of guanidine groups is 1. The standard InChI is InChI=1S/C22H31F2N7/c1-15-28-29-20(30(15)2)13-25-22(26-16-7-4-3-5-8-16)27-17-11-12-31(14-17)21-18(23)9-6-10-19(21)24/h6,9-10,16-17H,3-5,7-8,11-14H2,1-2H3,(H2,25,26,27). The third-order valence-corrected chi connectivity index (χ3v) is 6.29. The molecule has 7 nitrogen and oxygen atoms in total. The molecule has 0 radical (unpaired) electrons. The predicted octanol–water partition coefficient (Wildman–Crippen LogP) is 3.05. The number of hydrogen-bond acceptors (Lipinski definition) is 4. The quantitative estimate of drug-likeness (QED) is 0.563. The second-order valence-corrected chi connectivity index (χ2v) is 8.51. The molecule has 1 aromatic carbocycles. The fraction of sp³-hybridized carbons (Fsp3) is 0.591. The van der Waals surface area contributed by atoms with E-state index in [9.17, 15) is 8.78 Å². The van der Waals surface area contributed by atoms with Crippen LogP contribution >= 0.6 is 0 Å². The number of nitrogens with one attached hydrogen (secondary N) is 2. The lowest BCUT2D eigenvalue weighted by Gasteiger charge is -2.27. The van der Waals surface area contributed by atoms with Crippen LogP contribution in [0, 0.1) is 18.6 Å². The summed E-state index contributed by atoms with van der Waals surface area (Å²) in [4.78, 5) is 6.53. The number of aromatic nitrogens is 3. The summed E-state index contributed by atoms with van der Waals surface area (Å²) in [7, 11) is 1.93. The Kier molecular flexibility index (Phi) is 6.67. The van der Waals surface area contributed by atoms with Gasteiger partial charge in [-0.1, -0.05) is 25.3 Å². The van der Waals surface area contributed by atoms with E-state index in [4.69, 9.17) is 4.99 Å². The lowest BCUT2D eigenvalue weighted by Crippen LogP contribution is -2.48. The van der Waals surface area contributed by atoms with Gasteiger partial charge in [0.2, 0.25) is 0 Å². The molecule has 2 aromatic rings. The minimum absolute atomic E-state index is 0.0510. The molecule has 4 rings (SSSR count). The van der Waals surface area contributed by atoms with Gasteiger partial charge in [0.25, 0.3) is 0 Å². The molecule has 2 N–H and O–H groups in total. The number of aryl methyl sites for hydroxylation is 1. The SMILES string of the molecule is Cc1nnc(CN=C(NC2CCCCC2)NC2CCN(c3c(F)cccc3F)C2)n1C. The van der Waals surface area contributed by atoms with Gasteiger partial charge in [-0.05, 0) is 38.3 Å². The minimum atomic E-state index is -0.521. The van der Waals surface area contributed by atoms with Crippen LogP contribution in [0.15, 0.2) is 23.2 Å². The van der Waals surface area contributed by atoms with E-state index in [1.165, 1.54) is 37.5 Å². The second-order valence-electron chi connectivity index (χ2n) is 8.51. The molecule has 0 amide bonds. The van der Waals surface area contributed by atoms with Crippen molar-refractivity contribution in [2.24, 2.45) is 12.0 Å². The van der Waals surface area contributed by atoms with Crippen LogP contribution in [0.2, 0.25) is 0 Å². The van der Waals surface area contributed by atoms with Crippen molar-refractivity contribution in [1.29, 1.82) is 0 Å². The molecule has 2 aliphatic rings. The average molecular weight is 432 g/mol. The maximum Gasteiger partial charge on any atom is 0.192 e. The molecule has 9 heteroatoms.